The monoisotopic (exact) mass is 446 g/mol. The highest BCUT2D eigenvalue weighted by molar-refractivity contribution is 5.73. The van der Waals surface area contributed by atoms with Gasteiger partial charge in [0.1, 0.15) is 17.2 Å². The van der Waals surface area contributed by atoms with Crippen LogP contribution in [0.1, 0.15) is 27.8 Å². The van der Waals surface area contributed by atoms with Gasteiger partial charge in [0, 0.05) is 16.7 Å². The molecule has 0 radical (unpaired) electrons. The average Bonchev–Trinajstić information content (AvgIpc) is 2.92. The molecule has 0 amide bonds. The van der Waals surface area contributed by atoms with Gasteiger partial charge in [-0.05, 0) is 53.6 Å². The Bertz CT molecular complexity index is 1270. The molecule has 34 heavy (non-hydrogen) atoms. The van der Waals surface area contributed by atoms with Gasteiger partial charge in [-0.2, -0.15) is 0 Å². The number of methoxy groups -OCH3 is 2. The third-order valence-corrected chi connectivity index (χ3v) is 6.11. The SMILES string of the molecule is COc1ccc(C2(c3ccc(OC)cc3)C=Cc3cc(/C=C/c4ccccc4)ccc3O2)cc1. The van der Waals surface area contributed by atoms with Gasteiger partial charge in [0.15, 0.2) is 5.60 Å². The fourth-order valence-electron chi connectivity index (χ4n) is 4.22. The molecule has 0 spiro atoms. The van der Waals surface area contributed by atoms with E-state index in [2.05, 4.69) is 72.8 Å². The topological polar surface area (TPSA) is 27.7 Å². The van der Waals surface area contributed by atoms with Gasteiger partial charge >= 0.3 is 0 Å². The van der Waals surface area contributed by atoms with E-state index in [1.807, 2.05) is 48.5 Å². The molecule has 0 atom stereocenters. The largest absolute Gasteiger partial charge is 0.497 e. The summed E-state index contributed by atoms with van der Waals surface area (Å²) in [6.45, 7) is 0. The summed E-state index contributed by atoms with van der Waals surface area (Å²) >= 11 is 0. The van der Waals surface area contributed by atoms with E-state index in [1.165, 1.54) is 5.56 Å². The summed E-state index contributed by atoms with van der Waals surface area (Å²) in [4.78, 5) is 0. The van der Waals surface area contributed by atoms with E-state index in [0.29, 0.717) is 0 Å². The van der Waals surface area contributed by atoms with Crippen LogP contribution in [0.2, 0.25) is 0 Å². The van der Waals surface area contributed by atoms with Crippen LogP contribution >= 0.6 is 0 Å². The summed E-state index contributed by atoms with van der Waals surface area (Å²) in [5.74, 6) is 2.46. The first-order valence-electron chi connectivity index (χ1n) is 11.2. The summed E-state index contributed by atoms with van der Waals surface area (Å²) in [5.41, 5.74) is 4.63. The fraction of sp³-hybridized carbons (Fsp3) is 0.0968. The van der Waals surface area contributed by atoms with Crippen LogP contribution in [-0.2, 0) is 5.60 Å². The van der Waals surface area contributed by atoms with Crippen LogP contribution in [0.5, 0.6) is 17.2 Å². The van der Waals surface area contributed by atoms with Crippen LogP contribution in [-0.4, -0.2) is 14.2 Å². The van der Waals surface area contributed by atoms with Crippen molar-refractivity contribution in [2.75, 3.05) is 14.2 Å². The molecule has 168 valence electrons. The molecule has 1 heterocycles. The van der Waals surface area contributed by atoms with Crippen LogP contribution in [0.25, 0.3) is 18.2 Å². The second-order valence-electron chi connectivity index (χ2n) is 8.17. The standard InChI is InChI=1S/C31H26O3/c1-32-28-15-11-26(12-16-28)31(27-13-17-29(33-2)18-14-27)21-20-25-22-24(10-19-30(25)34-31)9-8-23-6-4-3-5-7-23/h3-22H,1-2H3/b9-8+. The molecule has 0 N–H and O–H groups in total. The van der Waals surface area contributed by atoms with E-state index in [0.717, 1.165) is 39.5 Å². The minimum Gasteiger partial charge on any atom is -0.497 e. The van der Waals surface area contributed by atoms with Crippen molar-refractivity contribution in [3.63, 3.8) is 0 Å². The Morgan fingerprint density at radius 3 is 1.82 bits per heavy atom. The van der Waals surface area contributed by atoms with Crippen molar-refractivity contribution in [2.45, 2.75) is 5.60 Å². The summed E-state index contributed by atoms with van der Waals surface area (Å²) < 4.78 is 17.5. The molecule has 4 aromatic rings. The lowest BCUT2D eigenvalue weighted by Gasteiger charge is -2.36. The maximum absolute atomic E-state index is 6.76. The summed E-state index contributed by atoms with van der Waals surface area (Å²) in [7, 11) is 3.34. The molecule has 1 aliphatic heterocycles. The average molecular weight is 447 g/mol. The number of hydrogen-bond donors (Lipinski definition) is 0. The Labute approximate surface area is 200 Å². The van der Waals surface area contributed by atoms with Gasteiger partial charge in [0.05, 0.1) is 14.2 Å². The molecule has 4 aromatic carbocycles. The lowest BCUT2D eigenvalue weighted by Crippen LogP contribution is -2.34. The van der Waals surface area contributed by atoms with Crippen molar-refractivity contribution >= 4 is 18.2 Å². The van der Waals surface area contributed by atoms with E-state index in [4.69, 9.17) is 14.2 Å². The molecule has 3 nitrogen and oxygen atoms in total. The molecule has 0 fully saturated rings. The zero-order valence-electron chi connectivity index (χ0n) is 19.3. The number of rotatable bonds is 6. The van der Waals surface area contributed by atoms with E-state index in [-0.39, 0.29) is 0 Å². The number of hydrogen-bond acceptors (Lipinski definition) is 3. The number of ether oxygens (including phenoxy) is 3. The van der Waals surface area contributed by atoms with E-state index >= 15 is 0 Å². The number of benzene rings is 4. The Morgan fingerprint density at radius 2 is 1.24 bits per heavy atom. The highest BCUT2D eigenvalue weighted by Gasteiger charge is 2.37. The zero-order chi connectivity index (χ0) is 23.4. The van der Waals surface area contributed by atoms with Gasteiger partial charge < -0.3 is 14.2 Å². The van der Waals surface area contributed by atoms with Crippen LogP contribution in [0.3, 0.4) is 0 Å². The molecule has 0 aliphatic carbocycles. The van der Waals surface area contributed by atoms with Gasteiger partial charge in [-0.15, -0.1) is 0 Å². The van der Waals surface area contributed by atoms with Crippen molar-refractivity contribution in [3.05, 3.63) is 131 Å². The van der Waals surface area contributed by atoms with Gasteiger partial charge in [-0.1, -0.05) is 78.9 Å². The Kier molecular flexibility index (Phi) is 5.92. The highest BCUT2D eigenvalue weighted by atomic mass is 16.5. The van der Waals surface area contributed by atoms with E-state index in [9.17, 15) is 0 Å². The maximum atomic E-state index is 6.76. The van der Waals surface area contributed by atoms with Crippen LogP contribution in [0, 0.1) is 0 Å². The lowest BCUT2D eigenvalue weighted by molar-refractivity contribution is 0.161. The van der Waals surface area contributed by atoms with Crippen LogP contribution < -0.4 is 14.2 Å². The van der Waals surface area contributed by atoms with Gasteiger partial charge in [0.2, 0.25) is 0 Å². The maximum Gasteiger partial charge on any atom is 0.178 e. The third-order valence-electron chi connectivity index (χ3n) is 6.11. The molecule has 0 unspecified atom stereocenters. The predicted octanol–water partition coefficient (Wildman–Crippen LogP) is 7.22. The Morgan fingerprint density at radius 1 is 0.647 bits per heavy atom. The van der Waals surface area contributed by atoms with Crippen molar-refractivity contribution in [1.82, 2.24) is 0 Å². The quantitative estimate of drug-likeness (QED) is 0.293. The highest BCUT2D eigenvalue weighted by Crippen LogP contribution is 2.43. The molecular weight excluding hydrogens is 420 g/mol. The molecule has 3 heteroatoms. The molecule has 0 aromatic heterocycles. The van der Waals surface area contributed by atoms with E-state index in [1.54, 1.807) is 14.2 Å². The molecule has 5 rings (SSSR count). The smallest absolute Gasteiger partial charge is 0.178 e. The molecule has 0 saturated heterocycles. The zero-order valence-corrected chi connectivity index (χ0v) is 19.3. The van der Waals surface area contributed by atoms with Gasteiger partial charge in [0.25, 0.3) is 0 Å². The Hall–Kier alpha value is -4.24. The summed E-state index contributed by atoms with van der Waals surface area (Å²) in [5, 5.41) is 0. The first kappa shape index (κ1) is 21.6. The molecule has 0 bridgehead atoms. The van der Waals surface area contributed by atoms with Crippen LogP contribution in [0.15, 0.2) is 103 Å². The van der Waals surface area contributed by atoms with Gasteiger partial charge in [-0.25, -0.2) is 0 Å². The minimum atomic E-state index is -0.757. The van der Waals surface area contributed by atoms with Crippen molar-refractivity contribution in [3.8, 4) is 17.2 Å². The minimum absolute atomic E-state index is 0.757. The third kappa shape index (κ3) is 4.20. The van der Waals surface area contributed by atoms with Crippen LogP contribution in [0.4, 0.5) is 0 Å². The van der Waals surface area contributed by atoms with Crippen molar-refractivity contribution in [1.29, 1.82) is 0 Å². The fourth-order valence-corrected chi connectivity index (χ4v) is 4.22. The summed E-state index contributed by atoms with van der Waals surface area (Å²) in [6.07, 6.45) is 8.52. The van der Waals surface area contributed by atoms with Crippen molar-refractivity contribution < 1.29 is 14.2 Å². The molecule has 0 saturated carbocycles. The predicted molar refractivity (Wildman–Crippen MR) is 138 cm³/mol. The second kappa shape index (κ2) is 9.32. The first-order valence-corrected chi connectivity index (χ1v) is 11.2. The normalized spacial score (nSPS) is 13.8. The lowest BCUT2D eigenvalue weighted by atomic mass is 9.83. The molecular formula is C31H26O3. The second-order valence-corrected chi connectivity index (χ2v) is 8.17. The van der Waals surface area contributed by atoms with Gasteiger partial charge in [-0.3, -0.25) is 0 Å². The first-order chi connectivity index (χ1) is 16.7. The van der Waals surface area contributed by atoms with Crippen molar-refractivity contribution in [2.24, 2.45) is 0 Å². The Balaban J connectivity index is 1.52. The van der Waals surface area contributed by atoms with E-state index < -0.39 is 5.60 Å². The molecule has 1 aliphatic rings. The summed E-state index contributed by atoms with van der Waals surface area (Å²) in [6, 6.07) is 32.6. The number of fused-ring (bicyclic) bond motifs is 1.